The van der Waals surface area contributed by atoms with Crippen molar-refractivity contribution in [3.63, 3.8) is 0 Å². The van der Waals surface area contributed by atoms with Gasteiger partial charge in [-0.1, -0.05) is 24.3 Å². The van der Waals surface area contributed by atoms with Crippen LogP contribution < -0.4 is 15.2 Å². The third kappa shape index (κ3) is 4.49. The normalized spacial score (nSPS) is 13.0. The predicted molar refractivity (Wildman–Crippen MR) is 122 cm³/mol. The number of nitrogens with one attached hydrogen (secondary N) is 1. The lowest BCUT2D eigenvalue weighted by atomic mass is 10.1. The highest BCUT2D eigenvalue weighted by atomic mass is 16.5. The van der Waals surface area contributed by atoms with E-state index in [1.165, 1.54) is 0 Å². The maximum atomic E-state index is 13.0. The third-order valence-corrected chi connectivity index (χ3v) is 5.51. The molecule has 0 atom stereocenters. The molecule has 32 heavy (non-hydrogen) atoms. The van der Waals surface area contributed by atoms with E-state index in [4.69, 9.17) is 4.74 Å². The number of aromatic amines is 1. The Morgan fingerprint density at radius 3 is 2.69 bits per heavy atom. The Balaban J connectivity index is 1.44. The quantitative estimate of drug-likeness (QED) is 0.644. The van der Waals surface area contributed by atoms with Gasteiger partial charge in [0.05, 0.1) is 29.7 Å². The highest BCUT2D eigenvalue weighted by Gasteiger charge is 2.25. The minimum Gasteiger partial charge on any atom is -0.490 e. The molecule has 8 nitrogen and oxygen atoms in total. The van der Waals surface area contributed by atoms with Gasteiger partial charge >= 0.3 is 0 Å². The number of carbonyl (C=O) groups excluding carboxylic acids is 2. The van der Waals surface area contributed by atoms with Crippen LogP contribution in [0.5, 0.6) is 5.75 Å². The number of nitrogens with zero attached hydrogens (tertiary/aromatic N) is 3. The average Bonchev–Trinajstić information content (AvgIpc) is 2.80. The third-order valence-electron chi connectivity index (χ3n) is 5.51. The van der Waals surface area contributed by atoms with Crippen LogP contribution in [-0.4, -0.2) is 45.9 Å². The number of hydrogen-bond acceptors (Lipinski definition) is 5. The number of para-hydroxylation sites is 3. The van der Waals surface area contributed by atoms with Crippen molar-refractivity contribution in [3.05, 3.63) is 64.7 Å². The average molecular weight is 434 g/mol. The molecule has 4 rings (SSSR count). The van der Waals surface area contributed by atoms with Crippen molar-refractivity contribution in [1.82, 2.24) is 14.9 Å². The molecule has 2 heterocycles. The first-order chi connectivity index (χ1) is 15.4. The monoisotopic (exact) mass is 434 g/mol. The van der Waals surface area contributed by atoms with Gasteiger partial charge in [0.25, 0.3) is 5.56 Å². The van der Waals surface area contributed by atoms with Crippen LogP contribution in [0, 0.1) is 0 Å². The molecule has 1 aromatic heterocycles. The number of aromatic nitrogens is 2. The van der Waals surface area contributed by atoms with Crippen molar-refractivity contribution < 1.29 is 14.3 Å². The van der Waals surface area contributed by atoms with Crippen LogP contribution >= 0.6 is 0 Å². The molecule has 0 saturated heterocycles. The fourth-order valence-corrected chi connectivity index (χ4v) is 3.85. The zero-order valence-electron chi connectivity index (χ0n) is 18.2. The lowest BCUT2D eigenvalue weighted by Crippen LogP contribution is -2.40. The maximum absolute atomic E-state index is 13.0. The summed E-state index contributed by atoms with van der Waals surface area (Å²) in [6.45, 7) is 4.86. The number of H-pyrrole nitrogens is 1. The number of hydrogen-bond donors (Lipinski definition) is 1. The molecule has 0 unspecified atom stereocenters. The van der Waals surface area contributed by atoms with Crippen molar-refractivity contribution in [2.75, 3.05) is 18.1 Å². The van der Waals surface area contributed by atoms with E-state index >= 15 is 0 Å². The van der Waals surface area contributed by atoms with Crippen LogP contribution in [-0.2, 0) is 16.1 Å². The fourth-order valence-electron chi connectivity index (χ4n) is 3.85. The van der Waals surface area contributed by atoms with Crippen molar-refractivity contribution in [2.45, 2.75) is 39.3 Å². The Morgan fingerprint density at radius 1 is 1.12 bits per heavy atom. The first-order valence-corrected chi connectivity index (χ1v) is 10.7. The summed E-state index contributed by atoms with van der Waals surface area (Å²) in [4.78, 5) is 48.8. The molecule has 0 aliphatic carbocycles. The minimum absolute atomic E-state index is 0.0777. The number of anilines is 1. The van der Waals surface area contributed by atoms with Gasteiger partial charge in [0.2, 0.25) is 11.8 Å². The highest BCUT2D eigenvalue weighted by Crippen LogP contribution is 2.31. The second kappa shape index (κ2) is 9.21. The number of amides is 2. The minimum atomic E-state index is -0.233. The molecule has 1 aliphatic heterocycles. The summed E-state index contributed by atoms with van der Waals surface area (Å²) in [5, 5.41) is 0.509. The number of carbonyl (C=O) groups is 2. The first kappa shape index (κ1) is 21.5. The smallest absolute Gasteiger partial charge is 0.258 e. The van der Waals surface area contributed by atoms with Crippen molar-refractivity contribution in [2.24, 2.45) is 0 Å². The van der Waals surface area contributed by atoms with E-state index in [2.05, 4.69) is 9.97 Å². The van der Waals surface area contributed by atoms with Crippen molar-refractivity contribution >= 4 is 28.4 Å². The molecule has 0 radical (unpaired) electrons. The molecule has 2 aromatic carbocycles. The lowest BCUT2D eigenvalue weighted by molar-refractivity contribution is -0.135. The number of fused-ring (bicyclic) bond motifs is 2. The van der Waals surface area contributed by atoms with Gasteiger partial charge < -0.3 is 19.5 Å². The molecular weight excluding hydrogens is 408 g/mol. The van der Waals surface area contributed by atoms with Gasteiger partial charge in [-0.25, -0.2) is 4.98 Å². The zero-order chi connectivity index (χ0) is 22.7. The standard InChI is InChI=1S/C24H26N4O4/c1-16(2)28(15-21-25-18-8-4-3-7-17(18)24(31)26-21)23(30)12-11-22(29)27-13-14-32-20-10-6-5-9-19(20)27/h3-10,16H,11-15H2,1-2H3,(H,25,26,31). The van der Waals surface area contributed by atoms with Crippen molar-refractivity contribution in [3.8, 4) is 5.75 Å². The van der Waals surface area contributed by atoms with Gasteiger partial charge in [-0.15, -0.1) is 0 Å². The molecule has 166 valence electrons. The van der Waals surface area contributed by atoms with E-state index in [0.717, 1.165) is 5.69 Å². The van der Waals surface area contributed by atoms with Gasteiger partial charge in [-0.3, -0.25) is 14.4 Å². The van der Waals surface area contributed by atoms with Gasteiger partial charge in [0.1, 0.15) is 18.2 Å². The Bertz CT molecular complexity index is 1200. The maximum Gasteiger partial charge on any atom is 0.258 e. The molecule has 0 fully saturated rings. The van der Waals surface area contributed by atoms with Gasteiger partial charge in [-0.05, 0) is 38.1 Å². The van der Waals surface area contributed by atoms with E-state index in [1.807, 2.05) is 44.2 Å². The van der Waals surface area contributed by atoms with Crippen LogP contribution in [0.15, 0.2) is 53.3 Å². The van der Waals surface area contributed by atoms with E-state index in [1.54, 1.807) is 28.0 Å². The van der Waals surface area contributed by atoms with E-state index < -0.39 is 0 Å². The molecule has 1 aliphatic rings. The Labute approximate surface area is 185 Å². The van der Waals surface area contributed by atoms with Crippen LogP contribution in [0.25, 0.3) is 10.9 Å². The van der Waals surface area contributed by atoms with Gasteiger partial charge in [0.15, 0.2) is 0 Å². The summed E-state index contributed by atoms with van der Waals surface area (Å²) in [7, 11) is 0. The summed E-state index contributed by atoms with van der Waals surface area (Å²) in [5.74, 6) is 0.818. The Kier molecular flexibility index (Phi) is 6.20. The largest absolute Gasteiger partial charge is 0.490 e. The summed E-state index contributed by atoms with van der Waals surface area (Å²) in [6, 6.07) is 14.4. The van der Waals surface area contributed by atoms with Crippen LogP contribution in [0.3, 0.4) is 0 Å². The highest BCUT2D eigenvalue weighted by molar-refractivity contribution is 5.97. The Morgan fingerprint density at radius 2 is 1.88 bits per heavy atom. The topological polar surface area (TPSA) is 95.6 Å². The molecule has 0 saturated carbocycles. The summed E-state index contributed by atoms with van der Waals surface area (Å²) >= 11 is 0. The summed E-state index contributed by atoms with van der Waals surface area (Å²) in [6.07, 6.45) is 0.173. The van der Waals surface area contributed by atoms with Gasteiger partial charge in [0, 0.05) is 18.9 Å². The summed E-state index contributed by atoms with van der Waals surface area (Å²) in [5.41, 5.74) is 1.08. The van der Waals surface area contributed by atoms with Crippen molar-refractivity contribution in [1.29, 1.82) is 0 Å². The first-order valence-electron chi connectivity index (χ1n) is 10.7. The molecular formula is C24H26N4O4. The second-order valence-electron chi connectivity index (χ2n) is 8.01. The number of rotatable bonds is 6. The van der Waals surface area contributed by atoms with Crippen LogP contribution in [0.2, 0.25) is 0 Å². The fraction of sp³-hybridized carbons (Fsp3) is 0.333. The number of ether oxygens (including phenoxy) is 1. The second-order valence-corrected chi connectivity index (χ2v) is 8.01. The molecule has 8 heteroatoms. The molecule has 0 bridgehead atoms. The molecule has 2 amide bonds. The molecule has 1 N–H and O–H groups in total. The summed E-state index contributed by atoms with van der Waals surface area (Å²) < 4.78 is 5.60. The number of benzene rings is 2. The molecule has 0 spiro atoms. The lowest BCUT2D eigenvalue weighted by Gasteiger charge is -2.30. The van der Waals surface area contributed by atoms with Gasteiger partial charge in [-0.2, -0.15) is 0 Å². The van der Waals surface area contributed by atoms with Crippen LogP contribution in [0.1, 0.15) is 32.5 Å². The van der Waals surface area contributed by atoms with E-state index in [0.29, 0.717) is 35.6 Å². The van der Waals surface area contributed by atoms with E-state index in [9.17, 15) is 14.4 Å². The molecule has 3 aromatic rings. The van der Waals surface area contributed by atoms with Crippen LogP contribution in [0.4, 0.5) is 5.69 Å². The Hall–Kier alpha value is -3.68. The van der Waals surface area contributed by atoms with E-state index in [-0.39, 0.29) is 42.8 Å². The SMILES string of the molecule is CC(C)N(Cc1nc2ccccc2c(=O)[nH]1)C(=O)CCC(=O)N1CCOc2ccccc21. The zero-order valence-corrected chi connectivity index (χ0v) is 18.2. The predicted octanol–water partition coefficient (Wildman–Crippen LogP) is 2.87.